The highest BCUT2D eigenvalue weighted by Gasteiger charge is 2.31. The van der Waals surface area contributed by atoms with Gasteiger partial charge in [0.25, 0.3) is 0 Å². The highest BCUT2D eigenvalue weighted by atomic mass is 79.9. The third-order valence-electron chi connectivity index (χ3n) is 4.21. The van der Waals surface area contributed by atoms with Gasteiger partial charge in [-0.3, -0.25) is 4.90 Å². The molecule has 0 aromatic heterocycles. The molecule has 1 aliphatic heterocycles. The molecule has 3 rings (SSSR count). The molecule has 0 bridgehead atoms. The summed E-state index contributed by atoms with van der Waals surface area (Å²) in [5.74, 6) is 0. The van der Waals surface area contributed by atoms with Gasteiger partial charge in [-0.25, -0.2) is 0 Å². The lowest BCUT2D eigenvalue weighted by Gasteiger charge is -2.42. The van der Waals surface area contributed by atoms with Crippen molar-refractivity contribution in [2.24, 2.45) is 0 Å². The van der Waals surface area contributed by atoms with Crippen molar-refractivity contribution in [3.05, 3.63) is 70.2 Å². The molecule has 0 radical (unpaired) electrons. The normalized spacial score (nSPS) is 23.1. The fourth-order valence-electron chi connectivity index (χ4n) is 3.05. The molecule has 1 atom stereocenters. The summed E-state index contributed by atoms with van der Waals surface area (Å²) in [5, 5.41) is 3.69. The molecule has 2 nitrogen and oxygen atoms in total. The first kappa shape index (κ1) is 14.8. The lowest BCUT2D eigenvalue weighted by atomic mass is 9.89. The SMILES string of the molecule is CC1(c2ccccc2)CN(Cc2ccc(Br)cc2)CCN1. The van der Waals surface area contributed by atoms with Gasteiger partial charge in [-0.1, -0.05) is 58.4 Å². The standard InChI is InChI=1S/C18H21BrN2/c1-18(16-5-3-2-4-6-16)14-21(12-11-20-18)13-15-7-9-17(19)10-8-15/h2-10,20H,11-14H2,1H3. The summed E-state index contributed by atoms with van der Waals surface area (Å²) in [6, 6.07) is 19.4. The monoisotopic (exact) mass is 344 g/mol. The summed E-state index contributed by atoms with van der Waals surface area (Å²) in [7, 11) is 0. The van der Waals surface area contributed by atoms with Crippen LogP contribution >= 0.6 is 15.9 Å². The maximum Gasteiger partial charge on any atom is 0.0535 e. The Hall–Kier alpha value is -1.16. The number of nitrogens with one attached hydrogen (secondary N) is 1. The van der Waals surface area contributed by atoms with E-state index in [2.05, 4.69) is 87.7 Å². The predicted molar refractivity (Wildman–Crippen MR) is 91.2 cm³/mol. The van der Waals surface area contributed by atoms with Gasteiger partial charge in [0.2, 0.25) is 0 Å². The maximum absolute atomic E-state index is 3.69. The third kappa shape index (κ3) is 3.54. The average molecular weight is 345 g/mol. The molecule has 0 aliphatic carbocycles. The number of hydrogen-bond acceptors (Lipinski definition) is 2. The van der Waals surface area contributed by atoms with Crippen LogP contribution in [0.2, 0.25) is 0 Å². The first-order valence-electron chi connectivity index (χ1n) is 7.43. The maximum atomic E-state index is 3.69. The molecular formula is C18H21BrN2. The molecule has 1 saturated heterocycles. The molecule has 1 aliphatic rings. The summed E-state index contributed by atoms with van der Waals surface area (Å²) in [4.78, 5) is 2.53. The number of benzene rings is 2. The molecule has 1 unspecified atom stereocenters. The number of piperazine rings is 1. The topological polar surface area (TPSA) is 15.3 Å². The van der Waals surface area contributed by atoms with E-state index in [9.17, 15) is 0 Å². The van der Waals surface area contributed by atoms with Crippen molar-refractivity contribution >= 4 is 15.9 Å². The van der Waals surface area contributed by atoms with E-state index in [1.807, 2.05) is 0 Å². The molecule has 2 aromatic rings. The van der Waals surface area contributed by atoms with Crippen LogP contribution in [0.5, 0.6) is 0 Å². The number of hydrogen-bond donors (Lipinski definition) is 1. The van der Waals surface area contributed by atoms with Crippen molar-refractivity contribution in [2.75, 3.05) is 19.6 Å². The van der Waals surface area contributed by atoms with Crippen LogP contribution in [0, 0.1) is 0 Å². The van der Waals surface area contributed by atoms with Gasteiger partial charge in [-0.2, -0.15) is 0 Å². The Morgan fingerprint density at radius 1 is 1.10 bits per heavy atom. The zero-order valence-electron chi connectivity index (χ0n) is 12.3. The fraction of sp³-hybridized carbons (Fsp3) is 0.333. The molecule has 1 N–H and O–H groups in total. The Kier molecular flexibility index (Phi) is 4.43. The largest absolute Gasteiger partial charge is 0.305 e. The number of nitrogens with zero attached hydrogens (tertiary/aromatic N) is 1. The highest BCUT2D eigenvalue weighted by molar-refractivity contribution is 9.10. The Balaban J connectivity index is 1.72. The van der Waals surface area contributed by atoms with E-state index in [1.165, 1.54) is 11.1 Å². The van der Waals surface area contributed by atoms with Crippen LogP contribution in [0.3, 0.4) is 0 Å². The van der Waals surface area contributed by atoms with E-state index in [0.29, 0.717) is 0 Å². The average Bonchev–Trinajstić information content (AvgIpc) is 2.51. The zero-order valence-corrected chi connectivity index (χ0v) is 13.9. The fourth-order valence-corrected chi connectivity index (χ4v) is 3.32. The van der Waals surface area contributed by atoms with E-state index in [4.69, 9.17) is 0 Å². The van der Waals surface area contributed by atoms with E-state index >= 15 is 0 Å². The zero-order chi connectivity index (χ0) is 14.7. The minimum atomic E-state index is 0.0366. The van der Waals surface area contributed by atoms with Gasteiger partial charge in [0, 0.05) is 30.7 Å². The predicted octanol–water partition coefficient (Wildman–Crippen LogP) is 3.77. The van der Waals surface area contributed by atoms with Crippen molar-refractivity contribution in [2.45, 2.75) is 19.0 Å². The van der Waals surface area contributed by atoms with Gasteiger partial charge in [-0.05, 0) is 30.2 Å². The van der Waals surface area contributed by atoms with Crippen LogP contribution in [0.25, 0.3) is 0 Å². The highest BCUT2D eigenvalue weighted by Crippen LogP contribution is 2.25. The third-order valence-corrected chi connectivity index (χ3v) is 4.74. The summed E-state index contributed by atoms with van der Waals surface area (Å²) >= 11 is 3.50. The quantitative estimate of drug-likeness (QED) is 0.911. The summed E-state index contributed by atoms with van der Waals surface area (Å²) in [6.07, 6.45) is 0. The van der Waals surface area contributed by atoms with Crippen molar-refractivity contribution in [1.82, 2.24) is 10.2 Å². The second-order valence-electron chi connectivity index (χ2n) is 5.96. The van der Waals surface area contributed by atoms with Crippen LogP contribution in [0.4, 0.5) is 0 Å². The second-order valence-corrected chi connectivity index (χ2v) is 6.88. The van der Waals surface area contributed by atoms with Crippen molar-refractivity contribution in [3.63, 3.8) is 0 Å². The molecule has 0 spiro atoms. The van der Waals surface area contributed by atoms with Crippen LogP contribution in [-0.4, -0.2) is 24.5 Å². The van der Waals surface area contributed by atoms with Gasteiger partial charge in [-0.15, -0.1) is 0 Å². The van der Waals surface area contributed by atoms with Gasteiger partial charge in [0.05, 0.1) is 5.54 Å². The number of halogens is 1. The first-order chi connectivity index (χ1) is 10.2. The van der Waals surface area contributed by atoms with E-state index in [0.717, 1.165) is 30.7 Å². The smallest absolute Gasteiger partial charge is 0.0535 e. The summed E-state index contributed by atoms with van der Waals surface area (Å²) in [6.45, 7) is 6.47. The van der Waals surface area contributed by atoms with Gasteiger partial charge in [0.15, 0.2) is 0 Å². The molecule has 21 heavy (non-hydrogen) atoms. The molecule has 110 valence electrons. The van der Waals surface area contributed by atoms with Crippen LogP contribution in [0.15, 0.2) is 59.1 Å². The molecule has 1 fully saturated rings. The Morgan fingerprint density at radius 2 is 1.81 bits per heavy atom. The Bertz CT molecular complexity index is 582. The molecule has 2 aromatic carbocycles. The first-order valence-corrected chi connectivity index (χ1v) is 8.22. The van der Waals surface area contributed by atoms with Crippen molar-refractivity contribution in [1.29, 1.82) is 0 Å². The second kappa shape index (κ2) is 6.30. The van der Waals surface area contributed by atoms with Crippen molar-refractivity contribution in [3.8, 4) is 0 Å². The molecular weight excluding hydrogens is 324 g/mol. The lowest BCUT2D eigenvalue weighted by molar-refractivity contribution is 0.136. The van der Waals surface area contributed by atoms with Crippen molar-refractivity contribution < 1.29 is 0 Å². The van der Waals surface area contributed by atoms with Gasteiger partial charge in [0.1, 0.15) is 0 Å². The van der Waals surface area contributed by atoms with E-state index in [1.54, 1.807) is 0 Å². The Labute approximate surface area is 135 Å². The Morgan fingerprint density at radius 3 is 2.52 bits per heavy atom. The molecule has 0 amide bonds. The molecule has 1 heterocycles. The lowest BCUT2D eigenvalue weighted by Crippen LogP contribution is -2.56. The summed E-state index contributed by atoms with van der Waals surface area (Å²) in [5.41, 5.74) is 2.77. The number of rotatable bonds is 3. The van der Waals surface area contributed by atoms with E-state index in [-0.39, 0.29) is 5.54 Å². The van der Waals surface area contributed by atoms with Crippen LogP contribution in [0.1, 0.15) is 18.1 Å². The molecule has 0 saturated carbocycles. The molecule has 3 heteroatoms. The van der Waals surface area contributed by atoms with E-state index < -0.39 is 0 Å². The van der Waals surface area contributed by atoms with Gasteiger partial charge >= 0.3 is 0 Å². The minimum Gasteiger partial charge on any atom is -0.305 e. The van der Waals surface area contributed by atoms with Crippen LogP contribution < -0.4 is 5.32 Å². The summed E-state index contributed by atoms with van der Waals surface area (Å²) < 4.78 is 1.14. The minimum absolute atomic E-state index is 0.0366. The van der Waals surface area contributed by atoms with Crippen LogP contribution in [-0.2, 0) is 12.1 Å². The van der Waals surface area contributed by atoms with Gasteiger partial charge < -0.3 is 5.32 Å².